The molecule has 0 amide bonds. The van der Waals surface area contributed by atoms with Crippen molar-refractivity contribution in [1.29, 1.82) is 0 Å². The van der Waals surface area contributed by atoms with Gasteiger partial charge in [-0.15, -0.1) is 16.2 Å². The Labute approximate surface area is 203 Å². The lowest BCUT2D eigenvalue weighted by atomic mass is 9.84. The van der Waals surface area contributed by atoms with Crippen molar-refractivity contribution < 1.29 is 27.5 Å². The molecule has 0 atom stereocenters. The smallest absolute Gasteiger partial charge is 0.336 e. The molecule has 3 rings (SSSR count). The van der Waals surface area contributed by atoms with E-state index in [2.05, 4.69) is 4.83 Å². The van der Waals surface area contributed by atoms with Crippen molar-refractivity contribution in [3.8, 4) is 0 Å². The van der Waals surface area contributed by atoms with Gasteiger partial charge in [0.15, 0.2) is 0 Å². The van der Waals surface area contributed by atoms with Gasteiger partial charge < -0.3 is 9.47 Å². The van der Waals surface area contributed by atoms with Crippen molar-refractivity contribution in [3.63, 3.8) is 0 Å². The van der Waals surface area contributed by atoms with Crippen molar-refractivity contribution in [2.24, 2.45) is 0 Å². The number of carbonyl (C=O) groups excluding carboxylic acids is 2. The van der Waals surface area contributed by atoms with E-state index < -0.39 is 27.9 Å². The van der Waals surface area contributed by atoms with Crippen LogP contribution in [-0.4, -0.2) is 38.6 Å². The molecule has 2 aromatic rings. The summed E-state index contributed by atoms with van der Waals surface area (Å²) < 4.78 is 37.0. The molecule has 10 heteroatoms. The molecule has 1 N–H and O–H groups in total. The van der Waals surface area contributed by atoms with Gasteiger partial charge in [0.05, 0.1) is 35.2 Å². The summed E-state index contributed by atoms with van der Waals surface area (Å²) in [5, 5.41) is 3.09. The van der Waals surface area contributed by atoms with Gasteiger partial charge in [0.25, 0.3) is 10.0 Å². The Morgan fingerprint density at radius 1 is 0.941 bits per heavy atom. The maximum atomic E-state index is 13.2. The fourth-order valence-electron chi connectivity index (χ4n) is 3.77. The lowest BCUT2D eigenvalue weighted by Gasteiger charge is -2.37. The Morgan fingerprint density at radius 2 is 1.47 bits per heavy atom. The minimum Gasteiger partial charge on any atom is -0.463 e. The Kier molecular flexibility index (Phi) is 7.96. The zero-order chi connectivity index (χ0) is 25.0. The summed E-state index contributed by atoms with van der Waals surface area (Å²) in [4.78, 5) is 29.5. The molecule has 0 fully saturated rings. The summed E-state index contributed by atoms with van der Waals surface area (Å²) in [7, 11) is -4.03. The van der Waals surface area contributed by atoms with Crippen LogP contribution in [0.25, 0.3) is 0 Å². The number of hydrogen-bond acceptors (Lipinski definition) is 8. The zero-order valence-electron chi connectivity index (χ0n) is 19.7. The molecular formula is C24H28N2O6S2. The second-order valence-corrected chi connectivity index (χ2v) is 10.3. The van der Waals surface area contributed by atoms with Crippen molar-refractivity contribution in [1.82, 2.24) is 9.84 Å². The van der Waals surface area contributed by atoms with Crippen LogP contribution in [0.5, 0.6) is 0 Å². The van der Waals surface area contributed by atoms with Gasteiger partial charge in [-0.1, -0.05) is 23.8 Å². The normalized spacial score (nSPS) is 15.0. The molecule has 0 spiro atoms. The summed E-state index contributed by atoms with van der Waals surface area (Å²) in [6, 6.07) is 10.0. The zero-order valence-corrected chi connectivity index (χ0v) is 21.4. The Hall–Kier alpha value is -2.95. The van der Waals surface area contributed by atoms with Crippen LogP contribution in [0.3, 0.4) is 0 Å². The quantitative estimate of drug-likeness (QED) is 0.542. The first kappa shape index (κ1) is 25.7. The van der Waals surface area contributed by atoms with Gasteiger partial charge in [-0.2, -0.15) is 0 Å². The topological polar surface area (TPSA) is 102 Å². The lowest BCUT2D eigenvalue weighted by molar-refractivity contribution is -0.139. The van der Waals surface area contributed by atoms with Crippen LogP contribution in [0.2, 0.25) is 0 Å². The van der Waals surface area contributed by atoms with Gasteiger partial charge >= 0.3 is 11.9 Å². The fraction of sp³-hybridized carbons (Fsp3) is 0.333. The van der Waals surface area contributed by atoms with Gasteiger partial charge in [0, 0.05) is 16.3 Å². The molecule has 182 valence electrons. The monoisotopic (exact) mass is 504 g/mol. The van der Waals surface area contributed by atoms with E-state index in [0.717, 1.165) is 10.4 Å². The number of aryl methyl sites for hydroxylation is 1. The lowest BCUT2D eigenvalue weighted by Crippen LogP contribution is -2.45. The Morgan fingerprint density at radius 3 is 1.91 bits per heavy atom. The number of nitrogens with one attached hydrogen (secondary N) is 1. The fourth-order valence-corrected chi connectivity index (χ4v) is 5.73. The van der Waals surface area contributed by atoms with Crippen molar-refractivity contribution in [2.75, 3.05) is 13.2 Å². The molecule has 1 aromatic carbocycles. The van der Waals surface area contributed by atoms with Crippen LogP contribution < -0.4 is 4.83 Å². The average Bonchev–Trinajstić information content (AvgIpc) is 3.31. The minimum atomic E-state index is -4.03. The highest BCUT2D eigenvalue weighted by Crippen LogP contribution is 2.44. The molecule has 0 saturated heterocycles. The minimum absolute atomic E-state index is 0.0504. The number of sulfonamides is 1. The highest BCUT2D eigenvalue weighted by Gasteiger charge is 2.42. The van der Waals surface area contributed by atoms with E-state index >= 15 is 0 Å². The number of nitrogens with zero attached hydrogens (tertiary/aromatic N) is 1. The van der Waals surface area contributed by atoms with E-state index in [1.807, 2.05) is 24.4 Å². The van der Waals surface area contributed by atoms with Crippen LogP contribution in [0, 0.1) is 6.92 Å². The molecule has 0 radical (unpaired) electrons. The molecule has 0 aliphatic carbocycles. The highest BCUT2D eigenvalue weighted by molar-refractivity contribution is 7.89. The maximum absolute atomic E-state index is 13.2. The summed E-state index contributed by atoms with van der Waals surface area (Å²) in [6.45, 7) is 8.71. The van der Waals surface area contributed by atoms with E-state index in [4.69, 9.17) is 9.47 Å². The number of benzene rings is 1. The largest absolute Gasteiger partial charge is 0.463 e. The summed E-state index contributed by atoms with van der Waals surface area (Å²) in [5.41, 5.74) is 1.89. The summed E-state index contributed by atoms with van der Waals surface area (Å²) >= 11 is 1.38. The molecule has 8 nitrogen and oxygen atoms in total. The van der Waals surface area contributed by atoms with Crippen LogP contribution in [0.1, 0.15) is 44.1 Å². The summed E-state index contributed by atoms with van der Waals surface area (Å²) in [5.74, 6) is -2.02. The Bertz CT molecular complexity index is 1190. The number of hydrogen-bond donors (Lipinski definition) is 1. The third kappa shape index (κ3) is 5.08. The number of hydrazine groups is 1. The molecule has 0 bridgehead atoms. The second-order valence-electron chi connectivity index (χ2n) is 7.63. The molecule has 0 saturated carbocycles. The second kappa shape index (κ2) is 10.5. The van der Waals surface area contributed by atoms with Crippen molar-refractivity contribution >= 4 is 33.3 Å². The van der Waals surface area contributed by atoms with Crippen LogP contribution in [0.15, 0.2) is 69.2 Å². The van der Waals surface area contributed by atoms with E-state index in [-0.39, 0.29) is 29.3 Å². The van der Waals surface area contributed by atoms with E-state index in [1.165, 1.54) is 28.5 Å². The molecule has 1 aliphatic rings. The Balaban J connectivity index is 2.20. The number of ether oxygens (including phenoxy) is 2. The summed E-state index contributed by atoms with van der Waals surface area (Å²) in [6.07, 6.45) is 0. The first-order valence-corrected chi connectivity index (χ1v) is 13.2. The molecule has 34 heavy (non-hydrogen) atoms. The van der Waals surface area contributed by atoms with Gasteiger partial charge in [-0.25, -0.2) is 18.0 Å². The highest BCUT2D eigenvalue weighted by atomic mass is 32.2. The SMILES string of the molecule is CCOC(=O)C1=C(C)N(NS(=O)(=O)c2ccc(C)cc2)C(C)=C(C(=O)OCC)C1c1cccs1. The number of allylic oxidation sites excluding steroid dienone is 2. The van der Waals surface area contributed by atoms with E-state index in [9.17, 15) is 18.0 Å². The van der Waals surface area contributed by atoms with Crippen LogP contribution in [0.4, 0.5) is 0 Å². The molecule has 1 aromatic heterocycles. The van der Waals surface area contributed by atoms with Crippen molar-refractivity contribution in [3.05, 3.63) is 74.8 Å². The molecule has 2 heterocycles. The third-order valence-electron chi connectivity index (χ3n) is 5.39. The van der Waals surface area contributed by atoms with Gasteiger partial charge in [-0.3, -0.25) is 5.01 Å². The predicted octanol–water partition coefficient (Wildman–Crippen LogP) is 4.02. The van der Waals surface area contributed by atoms with Gasteiger partial charge in [-0.05, 0) is 58.2 Å². The standard InChI is InChI=1S/C24H28N2O6S2/c1-6-31-23(27)20-16(4)26(25-34(29,30)18-12-10-15(3)11-13-18)17(5)21(24(28)32-7-2)22(20)19-9-8-14-33-19/h8-14,22,25H,6-7H2,1-5H3. The molecule has 0 unspecified atom stereocenters. The number of esters is 2. The van der Waals surface area contributed by atoms with E-state index in [1.54, 1.807) is 39.8 Å². The number of thiophene rings is 1. The van der Waals surface area contributed by atoms with E-state index in [0.29, 0.717) is 11.4 Å². The van der Waals surface area contributed by atoms with Crippen LogP contribution in [-0.2, 0) is 29.1 Å². The first-order chi connectivity index (χ1) is 16.1. The maximum Gasteiger partial charge on any atom is 0.336 e. The first-order valence-electron chi connectivity index (χ1n) is 10.8. The number of rotatable bonds is 8. The average molecular weight is 505 g/mol. The van der Waals surface area contributed by atoms with Crippen LogP contribution >= 0.6 is 11.3 Å². The molecule has 1 aliphatic heterocycles. The third-order valence-corrected chi connectivity index (χ3v) is 7.64. The van der Waals surface area contributed by atoms with Gasteiger partial charge in [0.2, 0.25) is 0 Å². The van der Waals surface area contributed by atoms with Crippen molar-refractivity contribution in [2.45, 2.75) is 45.4 Å². The number of carbonyl (C=O) groups is 2. The van der Waals surface area contributed by atoms with Gasteiger partial charge in [0.1, 0.15) is 0 Å². The predicted molar refractivity (Wildman–Crippen MR) is 129 cm³/mol. The molecular weight excluding hydrogens is 476 g/mol.